The van der Waals surface area contributed by atoms with E-state index in [9.17, 15) is 4.39 Å². The van der Waals surface area contributed by atoms with E-state index in [0.717, 1.165) is 5.56 Å². The van der Waals surface area contributed by atoms with Gasteiger partial charge in [0.25, 0.3) is 0 Å². The van der Waals surface area contributed by atoms with Gasteiger partial charge in [-0.15, -0.1) is 0 Å². The lowest BCUT2D eigenvalue weighted by Gasteiger charge is -1.91. The number of hydrogen-bond donors (Lipinski definition) is 0. The maximum atomic E-state index is 12.5. The summed E-state index contributed by atoms with van der Waals surface area (Å²) in [5.41, 5.74) is 0.975. The molecule has 1 nitrogen and oxygen atoms in total. The summed E-state index contributed by atoms with van der Waals surface area (Å²) in [6, 6.07) is 6.92. The van der Waals surface area contributed by atoms with Gasteiger partial charge in [0.2, 0.25) is 0 Å². The number of aliphatic imine (C=N–C) groups is 1. The minimum Gasteiger partial charge on any atom is -0.289 e. The first-order valence-electron chi connectivity index (χ1n) is 4.13. The molecule has 0 amide bonds. The lowest BCUT2D eigenvalue weighted by Crippen LogP contribution is -1.83. The van der Waals surface area contributed by atoms with Crippen molar-refractivity contribution in [1.82, 2.24) is 0 Å². The first kappa shape index (κ1) is 7.47. The Hall–Kier alpha value is -1.18. The van der Waals surface area contributed by atoms with Crippen molar-refractivity contribution in [3.05, 3.63) is 35.6 Å². The molecule has 1 aliphatic rings. The van der Waals surface area contributed by atoms with Crippen LogP contribution < -0.4 is 0 Å². The van der Waals surface area contributed by atoms with E-state index < -0.39 is 0 Å². The van der Waals surface area contributed by atoms with Gasteiger partial charge in [-0.25, -0.2) is 4.39 Å². The van der Waals surface area contributed by atoms with Crippen LogP contribution in [-0.2, 0) is 0 Å². The summed E-state index contributed by atoms with van der Waals surface area (Å²) in [6.45, 7) is 0. The Kier molecular flexibility index (Phi) is 1.90. The Bertz CT molecular complexity index is 285. The van der Waals surface area contributed by atoms with Crippen LogP contribution in [0, 0.1) is 5.82 Å². The summed E-state index contributed by atoms with van der Waals surface area (Å²) in [7, 11) is 0. The molecule has 1 saturated carbocycles. The van der Waals surface area contributed by atoms with Crippen molar-refractivity contribution in [3.63, 3.8) is 0 Å². The van der Waals surface area contributed by atoms with Crippen LogP contribution >= 0.6 is 0 Å². The van der Waals surface area contributed by atoms with Crippen LogP contribution in [0.5, 0.6) is 0 Å². The summed E-state index contributed by atoms with van der Waals surface area (Å²) in [4.78, 5) is 4.29. The predicted octanol–water partition coefficient (Wildman–Crippen LogP) is 2.41. The smallest absolute Gasteiger partial charge is 0.123 e. The highest BCUT2D eigenvalue weighted by Gasteiger charge is 2.18. The Morgan fingerprint density at radius 1 is 1.25 bits per heavy atom. The second-order valence-electron chi connectivity index (χ2n) is 3.06. The Labute approximate surface area is 70.9 Å². The zero-order valence-corrected chi connectivity index (χ0v) is 6.70. The molecule has 62 valence electrons. The average molecular weight is 163 g/mol. The zero-order chi connectivity index (χ0) is 8.39. The van der Waals surface area contributed by atoms with Crippen molar-refractivity contribution in [3.8, 4) is 0 Å². The van der Waals surface area contributed by atoms with Crippen LogP contribution in [0.15, 0.2) is 29.3 Å². The molecule has 0 bridgehead atoms. The molecule has 1 aromatic rings. The fourth-order valence-corrected chi connectivity index (χ4v) is 0.964. The van der Waals surface area contributed by atoms with E-state index in [1.807, 2.05) is 6.21 Å². The van der Waals surface area contributed by atoms with Crippen LogP contribution in [0.3, 0.4) is 0 Å². The van der Waals surface area contributed by atoms with Crippen LogP contribution in [0.4, 0.5) is 4.39 Å². The number of halogens is 1. The van der Waals surface area contributed by atoms with Crippen molar-refractivity contribution in [2.45, 2.75) is 18.9 Å². The Balaban J connectivity index is 2.07. The summed E-state index contributed by atoms with van der Waals surface area (Å²) in [6.07, 6.45) is 4.23. The molecular weight excluding hydrogens is 153 g/mol. The van der Waals surface area contributed by atoms with Gasteiger partial charge in [-0.05, 0) is 30.5 Å². The molecule has 0 radical (unpaired) electrons. The van der Waals surface area contributed by atoms with Gasteiger partial charge in [-0.2, -0.15) is 0 Å². The molecule has 2 rings (SSSR count). The van der Waals surface area contributed by atoms with E-state index >= 15 is 0 Å². The van der Waals surface area contributed by atoms with E-state index in [-0.39, 0.29) is 5.82 Å². The van der Waals surface area contributed by atoms with E-state index in [0.29, 0.717) is 6.04 Å². The lowest BCUT2D eigenvalue weighted by atomic mass is 10.2. The molecule has 1 aliphatic carbocycles. The lowest BCUT2D eigenvalue weighted by molar-refractivity contribution is 0.628. The molecular formula is C10H10FN. The summed E-state index contributed by atoms with van der Waals surface area (Å²) in [5, 5.41) is 0. The zero-order valence-electron chi connectivity index (χ0n) is 6.70. The highest BCUT2D eigenvalue weighted by molar-refractivity contribution is 5.79. The van der Waals surface area contributed by atoms with E-state index in [4.69, 9.17) is 0 Å². The van der Waals surface area contributed by atoms with Crippen LogP contribution in [0.25, 0.3) is 0 Å². The van der Waals surface area contributed by atoms with Crippen LogP contribution in [0.1, 0.15) is 18.4 Å². The third-order valence-electron chi connectivity index (χ3n) is 1.85. The molecule has 1 aromatic carbocycles. The average Bonchev–Trinajstić information content (AvgIpc) is 2.87. The van der Waals surface area contributed by atoms with Gasteiger partial charge in [-0.3, -0.25) is 4.99 Å². The molecule has 0 unspecified atom stereocenters. The molecule has 0 heterocycles. The fourth-order valence-electron chi connectivity index (χ4n) is 0.964. The van der Waals surface area contributed by atoms with Gasteiger partial charge in [0, 0.05) is 6.21 Å². The van der Waals surface area contributed by atoms with Gasteiger partial charge in [0.15, 0.2) is 0 Å². The summed E-state index contributed by atoms with van der Waals surface area (Å²) < 4.78 is 12.5. The maximum absolute atomic E-state index is 12.5. The van der Waals surface area contributed by atoms with E-state index in [1.165, 1.54) is 25.0 Å². The number of rotatable bonds is 2. The molecule has 2 heteroatoms. The standard InChI is InChI=1S/C10H10FN/c11-9-3-1-8(2-4-9)7-12-10-5-6-10/h1-4,7,10H,5-6H2. The topological polar surface area (TPSA) is 12.4 Å². The molecule has 0 aromatic heterocycles. The van der Waals surface area contributed by atoms with Crippen molar-refractivity contribution >= 4 is 6.21 Å². The van der Waals surface area contributed by atoms with Crippen molar-refractivity contribution in [2.75, 3.05) is 0 Å². The summed E-state index contributed by atoms with van der Waals surface area (Å²) >= 11 is 0. The maximum Gasteiger partial charge on any atom is 0.123 e. The molecule has 0 N–H and O–H groups in total. The van der Waals surface area contributed by atoms with Gasteiger partial charge in [0.1, 0.15) is 5.82 Å². The SMILES string of the molecule is Fc1ccc(C=NC2CC2)cc1. The van der Waals surface area contributed by atoms with Crippen LogP contribution in [-0.4, -0.2) is 12.3 Å². The predicted molar refractivity (Wildman–Crippen MR) is 47.0 cm³/mol. The monoisotopic (exact) mass is 163 g/mol. The van der Waals surface area contributed by atoms with Crippen molar-refractivity contribution in [1.29, 1.82) is 0 Å². The van der Waals surface area contributed by atoms with Crippen molar-refractivity contribution < 1.29 is 4.39 Å². The largest absolute Gasteiger partial charge is 0.289 e. The molecule has 1 fully saturated rings. The number of hydrogen-bond acceptors (Lipinski definition) is 1. The molecule has 0 aliphatic heterocycles. The van der Waals surface area contributed by atoms with Gasteiger partial charge >= 0.3 is 0 Å². The van der Waals surface area contributed by atoms with E-state index in [1.54, 1.807) is 12.1 Å². The first-order valence-corrected chi connectivity index (χ1v) is 4.13. The first-order chi connectivity index (χ1) is 5.84. The van der Waals surface area contributed by atoms with Crippen LogP contribution in [0.2, 0.25) is 0 Å². The summed E-state index contributed by atoms with van der Waals surface area (Å²) in [5.74, 6) is -0.196. The van der Waals surface area contributed by atoms with Gasteiger partial charge in [-0.1, -0.05) is 12.1 Å². The van der Waals surface area contributed by atoms with Gasteiger partial charge < -0.3 is 0 Å². The minimum atomic E-state index is -0.196. The molecule has 12 heavy (non-hydrogen) atoms. The number of benzene rings is 1. The molecule has 0 saturated heterocycles. The van der Waals surface area contributed by atoms with E-state index in [2.05, 4.69) is 4.99 Å². The molecule has 0 spiro atoms. The highest BCUT2D eigenvalue weighted by atomic mass is 19.1. The highest BCUT2D eigenvalue weighted by Crippen LogP contribution is 2.23. The second kappa shape index (κ2) is 3.05. The third-order valence-corrected chi connectivity index (χ3v) is 1.85. The fraction of sp³-hybridized carbons (Fsp3) is 0.300. The minimum absolute atomic E-state index is 0.196. The number of nitrogens with zero attached hydrogens (tertiary/aromatic N) is 1. The Morgan fingerprint density at radius 3 is 2.50 bits per heavy atom. The Morgan fingerprint density at radius 2 is 1.92 bits per heavy atom. The normalized spacial score (nSPS) is 17.1. The third kappa shape index (κ3) is 1.91. The van der Waals surface area contributed by atoms with Gasteiger partial charge in [0.05, 0.1) is 6.04 Å². The van der Waals surface area contributed by atoms with Crippen molar-refractivity contribution in [2.24, 2.45) is 4.99 Å². The second-order valence-corrected chi connectivity index (χ2v) is 3.06. The quantitative estimate of drug-likeness (QED) is 0.594. The molecule has 0 atom stereocenters.